The second kappa shape index (κ2) is 4.78. The predicted molar refractivity (Wildman–Crippen MR) is 67.7 cm³/mol. The molecule has 0 radical (unpaired) electrons. The van der Waals surface area contributed by atoms with Gasteiger partial charge in [-0.15, -0.1) is 0 Å². The Kier molecular flexibility index (Phi) is 3.39. The Labute approximate surface area is 101 Å². The molecule has 1 fully saturated rings. The summed E-state index contributed by atoms with van der Waals surface area (Å²) < 4.78 is 5.65. The molecule has 0 saturated heterocycles. The molecule has 0 unspecified atom stereocenters. The molecule has 1 saturated carbocycles. The highest BCUT2D eigenvalue weighted by atomic mass is 32.1. The maximum atomic E-state index is 5.67. The van der Waals surface area contributed by atoms with Crippen LogP contribution < -0.4 is 10.5 Å². The molecule has 16 heavy (non-hydrogen) atoms. The Morgan fingerprint density at radius 1 is 1.62 bits per heavy atom. The van der Waals surface area contributed by atoms with Crippen molar-refractivity contribution in [2.24, 2.45) is 11.7 Å². The quantitative estimate of drug-likeness (QED) is 0.796. The first-order valence-electron chi connectivity index (χ1n) is 5.56. The van der Waals surface area contributed by atoms with Gasteiger partial charge in [0, 0.05) is 6.20 Å². The van der Waals surface area contributed by atoms with Gasteiger partial charge in [0.1, 0.15) is 4.99 Å². The Balaban J connectivity index is 2.05. The minimum atomic E-state index is 0.354. The van der Waals surface area contributed by atoms with Crippen molar-refractivity contribution in [1.29, 1.82) is 0 Å². The number of hydrogen-bond acceptors (Lipinski definition) is 3. The van der Waals surface area contributed by atoms with Crippen molar-refractivity contribution >= 4 is 17.2 Å². The molecule has 1 aromatic heterocycles. The van der Waals surface area contributed by atoms with Crippen LogP contribution in [0, 0.1) is 12.8 Å². The number of aromatic nitrogens is 1. The van der Waals surface area contributed by atoms with Gasteiger partial charge < -0.3 is 10.5 Å². The standard InChI is InChI=1S/C12H16N2OS/c1-8-4-6-14-12(10(8)11(13)16)15-7-5-9-2-3-9/h4,6,9H,2-3,5,7H2,1H3,(H2,13,16). The van der Waals surface area contributed by atoms with Crippen molar-refractivity contribution in [3.63, 3.8) is 0 Å². The summed E-state index contributed by atoms with van der Waals surface area (Å²) in [7, 11) is 0. The molecule has 0 aromatic carbocycles. The highest BCUT2D eigenvalue weighted by molar-refractivity contribution is 7.80. The number of aryl methyl sites for hydroxylation is 1. The molecule has 2 N–H and O–H groups in total. The molecule has 1 aliphatic carbocycles. The summed E-state index contributed by atoms with van der Waals surface area (Å²) in [6.45, 7) is 2.67. The van der Waals surface area contributed by atoms with Gasteiger partial charge in [0.25, 0.3) is 0 Å². The van der Waals surface area contributed by atoms with Crippen molar-refractivity contribution in [1.82, 2.24) is 4.98 Å². The normalized spacial score (nSPS) is 14.8. The fraction of sp³-hybridized carbons (Fsp3) is 0.500. The fourth-order valence-electron chi connectivity index (χ4n) is 1.67. The van der Waals surface area contributed by atoms with E-state index in [1.165, 1.54) is 12.8 Å². The second-order valence-electron chi connectivity index (χ2n) is 4.25. The zero-order chi connectivity index (χ0) is 11.5. The van der Waals surface area contributed by atoms with E-state index >= 15 is 0 Å². The molecular weight excluding hydrogens is 220 g/mol. The number of ether oxygens (including phenoxy) is 1. The van der Waals surface area contributed by atoms with Gasteiger partial charge in [-0.3, -0.25) is 0 Å². The molecule has 0 bridgehead atoms. The first-order chi connectivity index (χ1) is 7.68. The predicted octanol–water partition coefficient (Wildman–Crippen LogP) is 2.20. The van der Waals surface area contributed by atoms with Gasteiger partial charge in [-0.2, -0.15) is 0 Å². The second-order valence-corrected chi connectivity index (χ2v) is 4.69. The first kappa shape index (κ1) is 11.3. The summed E-state index contributed by atoms with van der Waals surface area (Å²) in [5.74, 6) is 1.44. The van der Waals surface area contributed by atoms with Crippen LogP contribution in [0.15, 0.2) is 12.3 Å². The summed E-state index contributed by atoms with van der Waals surface area (Å²) in [6, 6.07) is 1.89. The van der Waals surface area contributed by atoms with Crippen molar-refractivity contribution in [2.75, 3.05) is 6.61 Å². The maximum absolute atomic E-state index is 5.67. The first-order valence-corrected chi connectivity index (χ1v) is 5.97. The smallest absolute Gasteiger partial charge is 0.223 e. The van der Waals surface area contributed by atoms with Gasteiger partial charge in [0.05, 0.1) is 12.2 Å². The van der Waals surface area contributed by atoms with E-state index in [2.05, 4.69) is 4.98 Å². The Bertz CT molecular complexity index is 402. The Morgan fingerprint density at radius 3 is 3.00 bits per heavy atom. The molecule has 0 amide bonds. The number of pyridine rings is 1. The van der Waals surface area contributed by atoms with Crippen molar-refractivity contribution in [2.45, 2.75) is 26.2 Å². The number of thiocarbonyl (C=S) groups is 1. The van der Waals surface area contributed by atoms with Gasteiger partial charge in [-0.1, -0.05) is 25.1 Å². The molecule has 0 spiro atoms. The highest BCUT2D eigenvalue weighted by Crippen LogP contribution is 2.32. The van der Waals surface area contributed by atoms with Crippen LogP contribution in [0.25, 0.3) is 0 Å². The number of hydrogen-bond donors (Lipinski definition) is 1. The zero-order valence-electron chi connectivity index (χ0n) is 9.40. The van der Waals surface area contributed by atoms with Crippen molar-refractivity contribution in [3.8, 4) is 5.88 Å². The summed E-state index contributed by atoms with van der Waals surface area (Å²) >= 11 is 5.01. The van der Waals surface area contributed by atoms with Crippen LogP contribution in [0.5, 0.6) is 5.88 Å². The molecule has 1 aliphatic rings. The van der Waals surface area contributed by atoms with Crippen molar-refractivity contribution < 1.29 is 4.74 Å². The van der Waals surface area contributed by atoms with E-state index < -0.39 is 0 Å². The minimum absolute atomic E-state index is 0.354. The van der Waals surface area contributed by atoms with Crippen LogP contribution in [0.2, 0.25) is 0 Å². The van der Waals surface area contributed by atoms with E-state index in [4.69, 9.17) is 22.7 Å². The minimum Gasteiger partial charge on any atom is -0.477 e. The maximum Gasteiger partial charge on any atom is 0.223 e. The van der Waals surface area contributed by atoms with Crippen LogP contribution in [-0.4, -0.2) is 16.6 Å². The van der Waals surface area contributed by atoms with Gasteiger partial charge in [0.15, 0.2) is 0 Å². The largest absolute Gasteiger partial charge is 0.477 e. The van der Waals surface area contributed by atoms with E-state index in [1.807, 2.05) is 13.0 Å². The monoisotopic (exact) mass is 236 g/mol. The van der Waals surface area contributed by atoms with E-state index in [9.17, 15) is 0 Å². The molecule has 3 nitrogen and oxygen atoms in total. The Morgan fingerprint density at radius 2 is 2.38 bits per heavy atom. The molecule has 86 valence electrons. The molecule has 1 aromatic rings. The lowest BCUT2D eigenvalue weighted by Gasteiger charge is -2.11. The Hall–Kier alpha value is -1.16. The number of nitrogens with zero attached hydrogens (tertiary/aromatic N) is 1. The van der Waals surface area contributed by atoms with Gasteiger partial charge in [0.2, 0.25) is 5.88 Å². The van der Waals surface area contributed by atoms with Gasteiger partial charge in [-0.05, 0) is 30.9 Å². The van der Waals surface area contributed by atoms with Crippen LogP contribution >= 0.6 is 12.2 Å². The van der Waals surface area contributed by atoms with E-state index in [0.29, 0.717) is 17.5 Å². The van der Waals surface area contributed by atoms with Crippen LogP contribution in [-0.2, 0) is 0 Å². The summed E-state index contributed by atoms with van der Waals surface area (Å²) in [5, 5.41) is 0. The number of rotatable bonds is 5. The third kappa shape index (κ3) is 2.70. The lowest BCUT2D eigenvalue weighted by molar-refractivity contribution is 0.290. The lowest BCUT2D eigenvalue weighted by atomic mass is 10.1. The SMILES string of the molecule is Cc1ccnc(OCCC2CC2)c1C(N)=S. The number of nitrogens with two attached hydrogens (primary N) is 1. The average molecular weight is 236 g/mol. The molecule has 4 heteroatoms. The lowest BCUT2D eigenvalue weighted by Crippen LogP contribution is -2.15. The molecule has 2 rings (SSSR count). The summed E-state index contributed by atoms with van der Waals surface area (Å²) in [5.41, 5.74) is 7.46. The van der Waals surface area contributed by atoms with E-state index in [0.717, 1.165) is 23.5 Å². The summed E-state index contributed by atoms with van der Waals surface area (Å²) in [6.07, 6.45) is 5.51. The van der Waals surface area contributed by atoms with Crippen LogP contribution in [0.1, 0.15) is 30.4 Å². The topological polar surface area (TPSA) is 48.1 Å². The van der Waals surface area contributed by atoms with Crippen LogP contribution in [0.3, 0.4) is 0 Å². The fourth-order valence-corrected chi connectivity index (χ4v) is 1.92. The molecule has 0 aliphatic heterocycles. The van der Waals surface area contributed by atoms with Gasteiger partial charge >= 0.3 is 0 Å². The molecule has 0 atom stereocenters. The highest BCUT2D eigenvalue weighted by Gasteiger charge is 2.21. The summed E-state index contributed by atoms with van der Waals surface area (Å²) in [4.78, 5) is 4.54. The third-order valence-corrected chi connectivity index (χ3v) is 3.04. The zero-order valence-corrected chi connectivity index (χ0v) is 10.2. The van der Waals surface area contributed by atoms with Crippen molar-refractivity contribution in [3.05, 3.63) is 23.4 Å². The average Bonchev–Trinajstić information content (AvgIpc) is 3.01. The van der Waals surface area contributed by atoms with Crippen LogP contribution in [0.4, 0.5) is 0 Å². The van der Waals surface area contributed by atoms with E-state index in [-0.39, 0.29) is 0 Å². The molecular formula is C12H16N2OS. The third-order valence-electron chi connectivity index (χ3n) is 2.83. The van der Waals surface area contributed by atoms with E-state index in [1.54, 1.807) is 6.20 Å². The molecule has 1 heterocycles. The van der Waals surface area contributed by atoms with Gasteiger partial charge in [-0.25, -0.2) is 4.98 Å².